The number of aliphatic imine (C=N–C) groups is 1. The third kappa shape index (κ3) is 5.88. The third-order valence-electron chi connectivity index (χ3n) is 4.13. The summed E-state index contributed by atoms with van der Waals surface area (Å²) in [6, 6.07) is 25.7. The highest BCUT2D eigenvalue weighted by Gasteiger charge is 1.98. The van der Waals surface area contributed by atoms with Crippen molar-refractivity contribution < 1.29 is 0 Å². The number of hydrogen-bond donors (Lipinski definition) is 2. The number of benzene rings is 3. The molecule has 0 radical (unpaired) electrons. The molecule has 0 aliphatic carbocycles. The summed E-state index contributed by atoms with van der Waals surface area (Å²) in [6.07, 6.45) is 3.45. The molecule has 0 aliphatic rings. The van der Waals surface area contributed by atoms with Gasteiger partial charge in [0.15, 0.2) is 0 Å². The summed E-state index contributed by atoms with van der Waals surface area (Å²) < 4.78 is 0. The van der Waals surface area contributed by atoms with Gasteiger partial charge < -0.3 is 11.5 Å². The molecule has 0 saturated carbocycles. The fourth-order valence-electron chi connectivity index (χ4n) is 2.63. The minimum absolute atomic E-state index is 0.0709. The van der Waals surface area contributed by atoms with Gasteiger partial charge >= 0.3 is 0 Å². The molecule has 0 saturated heterocycles. The standard InChI is InChI=1S/C23H20N6/c24-13-17-1-3-18(4-2-17)14-27-15-19-5-9-21(10-6-19)22-11-7-20(8-12-22)16-28-29-23(25)26/h1-12,15-16H,14H2,(H4,25,26,29)/b27-15?,28-16+. The minimum Gasteiger partial charge on any atom is -0.369 e. The topological polar surface area (TPSA) is 113 Å². The summed E-state index contributed by atoms with van der Waals surface area (Å²) in [4.78, 5) is 4.47. The Morgan fingerprint density at radius 2 is 1.34 bits per heavy atom. The van der Waals surface area contributed by atoms with E-state index >= 15 is 0 Å². The molecule has 3 aromatic carbocycles. The average Bonchev–Trinajstić information content (AvgIpc) is 2.75. The van der Waals surface area contributed by atoms with Crippen molar-refractivity contribution in [1.82, 2.24) is 0 Å². The van der Waals surface area contributed by atoms with Crippen LogP contribution in [-0.4, -0.2) is 18.4 Å². The quantitative estimate of drug-likeness (QED) is 0.388. The van der Waals surface area contributed by atoms with Gasteiger partial charge in [-0.15, -0.1) is 5.10 Å². The summed E-state index contributed by atoms with van der Waals surface area (Å²) in [7, 11) is 0. The number of rotatable bonds is 6. The lowest BCUT2D eigenvalue weighted by Crippen LogP contribution is -2.21. The number of nitrogens with zero attached hydrogens (tertiary/aromatic N) is 4. The number of guanidine groups is 1. The average molecular weight is 380 g/mol. The van der Waals surface area contributed by atoms with Crippen molar-refractivity contribution >= 4 is 18.4 Å². The molecule has 0 aromatic heterocycles. The first-order chi connectivity index (χ1) is 14.1. The van der Waals surface area contributed by atoms with Crippen molar-refractivity contribution in [2.24, 2.45) is 26.7 Å². The first kappa shape index (κ1) is 19.5. The lowest BCUT2D eigenvalue weighted by Gasteiger charge is -2.03. The molecule has 4 N–H and O–H groups in total. The maximum atomic E-state index is 8.83. The summed E-state index contributed by atoms with van der Waals surface area (Å²) in [6.45, 7) is 0.580. The summed E-state index contributed by atoms with van der Waals surface area (Å²) >= 11 is 0. The summed E-state index contributed by atoms with van der Waals surface area (Å²) in [5.41, 5.74) is 16.3. The van der Waals surface area contributed by atoms with Crippen LogP contribution in [0.15, 0.2) is 88.0 Å². The molecule has 0 spiro atoms. The lowest BCUT2D eigenvalue weighted by molar-refractivity contribution is 1.08. The van der Waals surface area contributed by atoms with Crippen LogP contribution in [0.4, 0.5) is 0 Å². The van der Waals surface area contributed by atoms with Crippen LogP contribution < -0.4 is 11.5 Å². The van der Waals surface area contributed by atoms with Gasteiger partial charge in [0.2, 0.25) is 5.96 Å². The second kappa shape index (κ2) is 9.62. The highest BCUT2D eigenvalue weighted by molar-refractivity contribution is 5.83. The normalized spacial score (nSPS) is 10.9. The molecular weight excluding hydrogens is 360 g/mol. The molecule has 142 valence electrons. The van der Waals surface area contributed by atoms with E-state index < -0.39 is 0 Å². The maximum absolute atomic E-state index is 8.83. The van der Waals surface area contributed by atoms with Gasteiger partial charge in [-0.05, 0) is 39.9 Å². The Balaban J connectivity index is 1.61. The zero-order chi connectivity index (χ0) is 20.5. The largest absolute Gasteiger partial charge is 0.369 e. The van der Waals surface area contributed by atoms with Crippen molar-refractivity contribution in [2.75, 3.05) is 0 Å². The van der Waals surface area contributed by atoms with E-state index in [2.05, 4.69) is 33.4 Å². The Labute approximate surface area is 169 Å². The molecule has 0 atom stereocenters. The van der Waals surface area contributed by atoms with Crippen molar-refractivity contribution in [1.29, 1.82) is 5.26 Å². The van der Waals surface area contributed by atoms with Crippen molar-refractivity contribution in [3.05, 3.63) is 95.1 Å². The number of nitrogens with two attached hydrogens (primary N) is 2. The molecular formula is C23H20N6. The van der Waals surface area contributed by atoms with Gasteiger partial charge in [-0.3, -0.25) is 4.99 Å². The number of hydrogen-bond acceptors (Lipinski definition) is 4. The molecule has 0 heterocycles. The Morgan fingerprint density at radius 1 is 0.793 bits per heavy atom. The molecule has 3 rings (SSSR count). The number of nitriles is 1. The smallest absolute Gasteiger partial charge is 0.211 e. The lowest BCUT2D eigenvalue weighted by atomic mass is 10.0. The summed E-state index contributed by atoms with van der Waals surface area (Å²) in [5.74, 6) is -0.0709. The van der Waals surface area contributed by atoms with Crippen LogP contribution in [0.25, 0.3) is 11.1 Å². The van der Waals surface area contributed by atoms with E-state index in [1.54, 1.807) is 18.3 Å². The van der Waals surface area contributed by atoms with Gasteiger partial charge in [0, 0.05) is 6.21 Å². The van der Waals surface area contributed by atoms with E-state index in [1.165, 1.54) is 0 Å². The third-order valence-corrected chi connectivity index (χ3v) is 4.13. The first-order valence-electron chi connectivity index (χ1n) is 8.95. The second-order valence-corrected chi connectivity index (χ2v) is 6.29. The van der Waals surface area contributed by atoms with Gasteiger partial charge in [0.25, 0.3) is 0 Å². The molecule has 0 amide bonds. The zero-order valence-corrected chi connectivity index (χ0v) is 15.7. The monoisotopic (exact) mass is 380 g/mol. The van der Waals surface area contributed by atoms with E-state index in [4.69, 9.17) is 16.7 Å². The first-order valence-corrected chi connectivity index (χ1v) is 8.95. The molecule has 0 unspecified atom stereocenters. The fourth-order valence-corrected chi connectivity index (χ4v) is 2.63. The molecule has 6 nitrogen and oxygen atoms in total. The van der Waals surface area contributed by atoms with E-state index in [0.717, 1.165) is 27.8 Å². The molecule has 29 heavy (non-hydrogen) atoms. The predicted molar refractivity (Wildman–Crippen MR) is 118 cm³/mol. The highest BCUT2D eigenvalue weighted by atomic mass is 15.3. The van der Waals surface area contributed by atoms with Gasteiger partial charge in [-0.25, -0.2) is 0 Å². The Hall–Kier alpha value is -4.24. The van der Waals surface area contributed by atoms with Gasteiger partial charge in [0.1, 0.15) is 0 Å². The fraction of sp³-hybridized carbons (Fsp3) is 0.0435. The Bertz CT molecular complexity index is 1070. The van der Waals surface area contributed by atoms with E-state index in [-0.39, 0.29) is 5.96 Å². The van der Waals surface area contributed by atoms with Crippen LogP contribution in [0, 0.1) is 11.3 Å². The van der Waals surface area contributed by atoms with Gasteiger partial charge in [-0.2, -0.15) is 10.4 Å². The van der Waals surface area contributed by atoms with Gasteiger partial charge in [-0.1, -0.05) is 60.7 Å². The SMILES string of the molecule is N#Cc1ccc(CN=Cc2ccc(-c3ccc(/C=N/N=C(N)N)cc3)cc2)cc1. The highest BCUT2D eigenvalue weighted by Crippen LogP contribution is 2.20. The van der Waals surface area contributed by atoms with E-state index in [0.29, 0.717) is 12.1 Å². The van der Waals surface area contributed by atoms with E-state index in [1.807, 2.05) is 54.7 Å². The molecule has 0 fully saturated rings. The van der Waals surface area contributed by atoms with Crippen LogP contribution in [0.1, 0.15) is 22.3 Å². The van der Waals surface area contributed by atoms with Crippen LogP contribution in [0.2, 0.25) is 0 Å². The summed E-state index contributed by atoms with van der Waals surface area (Å²) in [5, 5.41) is 16.2. The Morgan fingerprint density at radius 3 is 1.86 bits per heavy atom. The molecule has 6 heteroatoms. The second-order valence-electron chi connectivity index (χ2n) is 6.29. The van der Waals surface area contributed by atoms with Crippen LogP contribution in [0.3, 0.4) is 0 Å². The van der Waals surface area contributed by atoms with Crippen molar-refractivity contribution in [3.8, 4) is 17.2 Å². The van der Waals surface area contributed by atoms with Gasteiger partial charge in [0.05, 0.1) is 24.4 Å². The molecule has 0 bridgehead atoms. The van der Waals surface area contributed by atoms with Crippen LogP contribution in [0.5, 0.6) is 0 Å². The Kier molecular flexibility index (Phi) is 6.48. The zero-order valence-electron chi connectivity index (χ0n) is 15.7. The minimum atomic E-state index is -0.0709. The van der Waals surface area contributed by atoms with Crippen molar-refractivity contribution in [2.45, 2.75) is 6.54 Å². The van der Waals surface area contributed by atoms with Crippen LogP contribution in [-0.2, 0) is 6.54 Å². The van der Waals surface area contributed by atoms with Crippen LogP contribution >= 0.6 is 0 Å². The molecule has 3 aromatic rings. The van der Waals surface area contributed by atoms with Crippen molar-refractivity contribution in [3.63, 3.8) is 0 Å². The van der Waals surface area contributed by atoms with E-state index in [9.17, 15) is 0 Å². The molecule has 0 aliphatic heterocycles. The predicted octanol–water partition coefficient (Wildman–Crippen LogP) is 3.45. The maximum Gasteiger partial charge on any atom is 0.211 e.